The van der Waals surface area contributed by atoms with E-state index in [0.29, 0.717) is 29.2 Å². The van der Waals surface area contributed by atoms with Crippen LogP contribution in [0.15, 0.2) is 42.2 Å². The van der Waals surface area contributed by atoms with E-state index in [4.69, 9.17) is 21.1 Å². The zero-order valence-electron chi connectivity index (χ0n) is 19.5. The lowest BCUT2D eigenvalue weighted by Gasteiger charge is -2.33. The summed E-state index contributed by atoms with van der Waals surface area (Å²) < 4.78 is 10.8. The third kappa shape index (κ3) is 5.16. The van der Waals surface area contributed by atoms with Gasteiger partial charge in [0.25, 0.3) is 0 Å². The maximum Gasteiger partial charge on any atom is 0.411 e. The first-order chi connectivity index (χ1) is 15.0. The summed E-state index contributed by atoms with van der Waals surface area (Å²) in [6.07, 6.45) is 0.564. The topological polar surface area (TPSA) is 55.8 Å². The average molecular weight is 456 g/mol. The summed E-state index contributed by atoms with van der Waals surface area (Å²) in [4.78, 5) is 26.4. The number of aryl methyl sites for hydroxylation is 2. The Morgan fingerprint density at radius 1 is 1.06 bits per heavy atom. The maximum atomic E-state index is 13.3. The molecule has 0 N–H and O–H groups in total. The molecule has 0 radical (unpaired) electrons. The first-order valence-corrected chi connectivity index (χ1v) is 11.0. The number of amides is 1. The predicted octanol–water partition coefficient (Wildman–Crippen LogP) is 6.40. The molecule has 0 fully saturated rings. The SMILES string of the molecule is COC(=O)N(C)COC1=C(c2c(C)cc(-c3ccc(Cl)cc3)cc2C)C(=O)CC(C)(C)C1. The molecule has 2 aromatic rings. The van der Waals surface area contributed by atoms with Crippen molar-refractivity contribution in [2.45, 2.75) is 40.5 Å². The van der Waals surface area contributed by atoms with E-state index in [1.54, 1.807) is 7.05 Å². The van der Waals surface area contributed by atoms with E-state index in [0.717, 1.165) is 27.8 Å². The summed E-state index contributed by atoms with van der Waals surface area (Å²) in [5.41, 5.74) is 5.43. The Bertz CT molecular complexity index is 1050. The zero-order valence-corrected chi connectivity index (χ0v) is 20.3. The third-order valence-corrected chi connectivity index (χ3v) is 5.97. The number of Topliss-reactive ketones (excluding diaryl/α,β-unsaturated/α-hetero) is 1. The highest BCUT2D eigenvalue weighted by molar-refractivity contribution is 6.30. The normalized spacial score (nSPS) is 15.5. The van der Waals surface area contributed by atoms with E-state index in [1.807, 2.05) is 38.1 Å². The molecule has 1 aliphatic rings. The fourth-order valence-corrected chi connectivity index (χ4v) is 4.34. The highest BCUT2D eigenvalue weighted by Crippen LogP contribution is 2.43. The number of carbonyl (C=O) groups is 2. The molecule has 0 heterocycles. The molecule has 3 rings (SSSR count). The standard InChI is InChI=1S/C26H30ClNO4/c1-16-11-19(18-7-9-20(27)10-8-18)12-17(2)23(16)24-21(29)13-26(3,4)14-22(24)32-15-28(5)25(30)31-6/h7-12H,13-15H2,1-6H3. The van der Waals surface area contributed by atoms with E-state index in [9.17, 15) is 9.59 Å². The third-order valence-electron chi connectivity index (χ3n) is 5.71. The predicted molar refractivity (Wildman–Crippen MR) is 127 cm³/mol. The molecule has 0 aromatic heterocycles. The van der Waals surface area contributed by atoms with Gasteiger partial charge in [0.2, 0.25) is 0 Å². The van der Waals surface area contributed by atoms with Crippen LogP contribution < -0.4 is 0 Å². The fraction of sp³-hybridized carbons (Fsp3) is 0.385. The number of benzene rings is 2. The summed E-state index contributed by atoms with van der Waals surface area (Å²) >= 11 is 6.03. The van der Waals surface area contributed by atoms with E-state index in [-0.39, 0.29) is 17.9 Å². The number of ether oxygens (including phenoxy) is 2. The van der Waals surface area contributed by atoms with Gasteiger partial charge < -0.3 is 9.47 Å². The van der Waals surface area contributed by atoms with E-state index < -0.39 is 6.09 Å². The molecule has 0 saturated heterocycles. The van der Waals surface area contributed by atoms with E-state index in [2.05, 4.69) is 26.0 Å². The molecule has 6 heteroatoms. The molecular formula is C26H30ClNO4. The molecule has 32 heavy (non-hydrogen) atoms. The number of halogens is 1. The first-order valence-electron chi connectivity index (χ1n) is 10.6. The molecule has 0 unspecified atom stereocenters. The molecular weight excluding hydrogens is 426 g/mol. The van der Waals surface area contributed by atoms with Crippen LogP contribution in [0.3, 0.4) is 0 Å². The van der Waals surface area contributed by atoms with Gasteiger partial charge in [-0.05, 0) is 59.2 Å². The summed E-state index contributed by atoms with van der Waals surface area (Å²) in [6, 6.07) is 11.9. The van der Waals surface area contributed by atoms with Gasteiger partial charge in [-0.25, -0.2) is 4.79 Å². The molecule has 5 nitrogen and oxygen atoms in total. The van der Waals surface area contributed by atoms with E-state index >= 15 is 0 Å². The quantitative estimate of drug-likeness (QED) is 0.489. The van der Waals surface area contributed by atoms with Crippen molar-refractivity contribution in [3.8, 4) is 11.1 Å². The van der Waals surface area contributed by atoms with Crippen molar-refractivity contribution >= 4 is 29.1 Å². The largest absolute Gasteiger partial charge is 0.476 e. The Morgan fingerprint density at radius 2 is 1.66 bits per heavy atom. The van der Waals surface area contributed by atoms with Crippen molar-refractivity contribution in [3.63, 3.8) is 0 Å². The molecule has 0 atom stereocenters. The van der Waals surface area contributed by atoms with Crippen LogP contribution in [0.1, 0.15) is 43.4 Å². The molecule has 1 aliphatic carbocycles. The number of methoxy groups -OCH3 is 1. The number of rotatable bonds is 5. The van der Waals surface area contributed by atoms with Crippen molar-refractivity contribution in [2.24, 2.45) is 5.41 Å². The van der Waals surface area contributed by atoms with Crippen LogP contribution in [0.5, 0.6) is 0 Å². The summed E-state index contributed by atoms with van der Waals surface area (Å²) in [5, 5.41) is 0.693. The van der Waals surface area contributed by atoms with Crippen LogP contribution in [0.25, 0.3) is 16.7 Å². The van der Waals surface area contributed by atoms with Gasteiger partial charge >= 0.3 is 6.09 Å². The van der Waals surface area contributed by atoms with Crippen LogP contribution in [-0.4, -0.2) is 37.7 Å². The number of hydrogen-bond acceptors (Lipinski definition) is 4. The van der Waals surface area contributed by atoms with Gasteiger partial charge in [0, 0.05) is 24.9 Å². The lowest BCUT2D eigenvalue weighted by molar-refractivity contribution is -0.116. The van der Waals surface area contributed by atoms with Crippen LogP contribution >= 0.6 is 11.6 Å². The van der Waals surface area contributed by atoms with Crippen LogP contribution in [0, 0.1) is 19.3 Å². The van der Waals surface area contributed by atoms with Crippen molar-refractivity contribution in [3.05, 3.63) is 63.9 Å². The highest BCUT2D eigenvalue weighted by atomic mass is 35.5. The lowest BCUT2D eigenvalue weighted by atomic mass is 9.74. The Morgan fingerprint density at radius 3 is 2.22 bits per heavy atom. The highest BCUT2D eigenvalue weighted by Gasteiger charge is 2.36. The molecule has 0 saturated carbocycles. The van der Waals surface area contributed by atoms with Crippen LogP contribution in [0.2, 0.25) is 5.02 Å². The van der Waals surface area contributed by atoms with Crippen molar-refractivity contribution in [2.75, 3.05) is 20.9 Å². The van der Waals surface area contributed by atoms with Crippen molar-refractivity contribution in [1.82, 2.24) is 4.90 Å². The van der Waals surface area contributed by atoms with Gasteiger partial charge in [-0.1, -0.05) is 49.7 Å². The second kappa shape index (κ2) is 9.37. The first kappa shape index (κ1) is 23.9. The van der Waals surface area contributed by atoms with E-state index in [1.165, 1.54) is 12.0 Å². The van der Waals surface area contributed by atoms with Crippen LogP contribution in [0.4, 0.5) is 4.79 Å². The molecule has 170 valence electrons. The average Bonchev–Trinajstić information content (AvgIpc) is 2.72. The minimum Gasteiger partial charge on any atom is -0.476 e. The van der Waals surface area contributed by atoms with Gasteiger partial charge in [-0.3, -0.25) is 9.69 Å². The molecule has 2 aromatic carbocycles. The van der Waals surface area contributed by atoms with Crippen molar-refractivity contribution < 1.29 is 19.1 Å². The van der Waals surface area contributed by atoms with Gasteiger partial charge in [-0.15, -0.1) is 0 Å². The minimum atomic E-state index is -0.492. The molecule has 0 spiro atoms. The molecule has 0 bridgehead atoms. The smallest absolute Gasteiger partial charge is 0.411 e. The molecule has 1 amide bonds. The molecule has 0 aliphatic heterocycles. The van der Waals surface area contributed by atoms with Crippen LogP contribution in [-0.2, 0) is 14.3 Å². The number of ketones is 1. The monoisotopic (exact) mass is 455 g/mol. The Kier molecular flexibility index (Phi) is 6.99. The second-order valence-electron chi connectivity index (χ2n) is 9.17. The minimum absolute atomic E-state index is 0.00974. The Balaban J connectivity index is 2.05. The van der Waals surface area contributed by atoms with Gasteiger partial charge in [0.1, 0.15) is 5.76 Å². The number of carbonyl (C=O) groups excluding carboxylic acids is 2. The summed E-state index contributed by atoms with van der Waals surface area (Å²) in [5.74, 6) is 0.676. The fourth-order valence-electron chi connectivity index (χ4n) is 4.22. The number of allylic oxidation sites excluding steroid dienone is 2. The lowest BCUT2D eigenvalue weighted by Crippen LogP contribution is -2.31. The maximum absolute atomic E-state index is 13.3. The van der Waals surface area contributed by atoms with Gasteiger partial charge in [0.15, 0.2) is 12.5 Å². The number of hydrogen-bond donors (Lipinski definition) is 0. The van der Waals surface area contributed by atoms with Gasteiger partial charge in [0.05, 0.1) is 12.7 Å². The number of nitrogens with zero attached hydrogens (tertiary/aromatic N) is 1. The summed E-state index contributed by atoms with van der Waals surface area (Å²) in [7, 11) is 2.92. The van der Waals surface area contributed by atoms with Crippen molar-refractivity contribution in [1.29, 1.82) is 0 Å². The Hall–Kier alpha value is -2.79. The Labute approximate surface area is 195 Å². The zero-order chi connectivity index (χ0) is 23.6. The summed E-state index contributed by atoms with van der Waals surface area (Å²) in [6.45, 7) is 8.15. The second-order valence-corrected chi connectivity index (χ2v) is 9.61. The van der Waals surface area contributed by atoms with Gasteiger partial charge in [-0.2, -0.15) is 0 Å².